The van der Waals surface area contributed by atoms with Crippen molar-refractivity contribution in [2.75, 3.05) is 6.26 Å². The van der Waals surface area contributed by atoms with Gasteiger partial charge in [-0.15, -0.1) is 0 Å². The Labute approximate surface area is 186 Å². The molecule has 4 rings (SSSR count). The topological polar surface area (TPSA) is 63.8 Å². The van der Waals surface area contributed by atoms with Crippen LogP contribution in [0.1, 0.15) is 0 Å². The van der Waals surface area contributed by atoms with Crippen LogP contribution in [0.2, 0.25) is 15.1 Å². The summed E-state index contributed by atoms with van der Waals surface area (Å²) in [5, 5.41) is 13.0. The molecule has 4 aromatic rings. The van der Waals surface area contributed by atoms with E-state index in [4.69, 9.17) is 34.8 Å². The van der Waals surface area contributed by atoms with E-state index in [1.54, 1.807) is 54.7 Å². The number of hydrogen-bond acceptors (Lipinski definition) is 5. The third-order valence-corrected chi connectivity index (χ3v) is 5.66. The molecule has 0 saturated carbocycles. The van der Waals surface area contributed by atoms with E-state index in [0.29, 0.717) is 48.4 Å². The summed E-state index contributed by atoms with van der Waals surface area (Å²) in [4.78, 5) is 13.4. The summed E-state index contributed by atoms with van der Waals surface area (Å²) in [6.45, 7) is 0. The van der Waals surface area contributed by atoms with Crippen molar-refractivity contribution in [3.63, 3.8) is 0 Å². The van der Waals surface area contributed by atoms with Gasteiger partial charge in [-0.05, 0) is 36.6 Å². The van der Waals surface area contributed by atoms with Crippen LogP contribution in [0.4, 0.5) is 0 Å². The van der Waals surface area contributed by atoms with Crippen molar-refractivity contribution in [2.24, 2.45) is 0 Å². The molecule has 2 aromatic heterocycles. The Bertz CT molecular complexity index is 1170. The van der Waals surface area contributed by atoms with E-state index in [1.165, 1.54) is 11.8 Å². The van der Waals surface area contributed by atoms with Gasteiger partial charge in [0.1, 0.15) is 11.4 Å². The molecule has 0 amide bonds. The fourth-order valence-electron chi connectivity index (χ4n) is 2.90. The second-order valence-electron chi connectivity index (χ2n) is 5.98. The maximum absolute atomic E-state index is 11.1. The van der Waals surface area contributed by atoms with Gasteiger partial charge >= 0.3 is 0 Å². The minimum atomic E-state index is 0.213. The van der Waals surface area contributed by atoms with Crippen LogP contribution in [-0.2, 0) is 0 Å². The lowest BCUT2D eigenvalue weighted by Gasteiger charge is -2.08. The van der Waals surface area contributed by atoms with Gasteiger partial charge in [-0.1, -0.05) is 64.8 Å². The van der Waals surface area contributed by atoms with Crippen LogP contribution in [-0.4, -0.2) is 31.1 Å². The molecule has 5 nitrogen and oxygen atoms in total. The molecule has 146 valence electrons. The van der Waals surface area contributed by atoms with Crippen LogP contribution < -0.4 is 0 Å². The van der Waals surface area contributed by atoms with E-state index in [2.05, 4.69) is 15.0 Å². The number of hydrogen-bond donors (Lipinski definition) is 1. The molecule has 0 radical (unpaired) electrons. The fraction of sp³-hybridized carbons (Fsp3) is 0.0500. The van der Waals surface area contributed by atoms with Gasteiger partial charge in [0.25, 0.3) is 0 Å². The molecule has 29 heavy (non-hydrogen) atoms. The minimum Gasteiger partial charge on any atom is -0.426 e. The van der Waals surface area contributed by atoms with Gasteiger partial charge in [-0.3, -0.25) is 0 Å². The largest absolute Gasteiger partial charge is 0.426 e. The van der Waals surface area contributed by atoms with Gasteiger partial charge in [-0.25, -0.2) is 15.0 Å². The zero-order valence-corrected chi connectivity index (χ0v) is 18.1. The Morgan fingerprint density at radius 2 is 1.62 bits per heavy atom. The van der Waals surface area contributed by atoms with Gasteiger partial charge in [0.15, 0.2) is 11.0 Å². The highest BCUT2D eigenvalue weighted by Crippen LogP contribution is 2.39. The van der Waals surface area contributed by atoms with Crippen molar-refractivity contribution in [1.82, 2.24) is 19.7 Å². The first kappa shape index (κ1) is 20.0. The number of benzene rings is 2. The molecule has 2 heterocycles. The SMILES string of the molecule is CSc1nccc(-c2nc(-c3c(Cl)cccc3Cl)n(O)c2-c2ccc(Cl)cc2)n1. The first-order chi connectivity index (χ1) is 14.0. The van der Waals surface area contributed by atoms with E-state index in [9.17, 15) is 5.21 Å². The Morgan fingerprint density at radius 1 is 0.931 bits per heavy atom. The fourth-order valence-corrected chi connectivity index (χ4v) is 3.95. The molecule has 1 N–H and O–H groups in total. The molecule has 0 atom stereocenters. The number of halogens is 3. The third kappa shape index (κ3) is 3.81. The molecule has 0 aliphatic carbocycles. The lowest BCUT2D eigenvalue weighted by Crippen LogP contribution is -1.98. The first-order valence-electron chi connectivity index (χ1n) is 8.39. The number of rotatable bonds is 4. The molecule has 0 aliphatic heterocycles. The van der Waals surface area contributed by atoms with Crippen LogP contribution in [0.15, 0.2) is 59.9 Å². The zero-order valence-electron chi connectivity index (χ0n) is 15.0. The molecule has 0 saturated heterocycles. The summed E-state index contributed by atoms with van der Waals surface area (Å²) in [6, 6.07) is 13.9. The molecule has 0 bridgehead atoms. The average Bonchev–Trinajstić information content (AvgIpc) is 3.05. The minimum absolute atomic E-state index is 0.213. The van der Waals surface area contributed by atoms with Gasteiger partial charge in [0.05, 0.1) is 21.3 Å². The van der Waals surface area contributed by atoms with Crippen LogP contribution >= 0.6 is 46.6 Å². The zero-order chi connectivity index (χ0) is 20.5. The normalized spacial score (nSPS) is 11.0. The number of nitrogens with zero attached hydrogens (tertiary/aromatic N) is 4. The monoisotopic (exact) mass is 462 g/mol. The first-order valence-corrected chi connectivity index (χ1v) is 10.7. The second kappa shape index (κ2) is 8.24. The lowest BCUT2D eigenvalue weighted by molar-refractivity contribution is 0.195. The van der Waals surface area contributed by atoms with Crippen molar-refractivity contribution in [3.05, 3.63) is 69.8 Å². The highest BCUT2D eigenvalue weighted by molar-refractivity contribution is 7.98. The van der Waals surface area contributed by atoms with E-state index in [-0.39, 0.29) is 5.82 Å². The summed E-state index contributed by atoms with van der Waals surface area (Å²) >= 11 is 20.2. The quantitative estimate of drug-likeness (QED) is 0.210. The molecule has 0 fully saturated rings. The third-order valence-electron chi connectivity index (χ3n) is 4.22. The molecule has 0 aliphatic rings. The van der Waals surface area contributed by atoms with E-state index < -0.39 is 0 Å². The molecule has 9 heteroatoms. The van der Waals surface area contributed by atoms with Crippen LogP contribution in [0.25, 0.3) is 34.0 Å². The van der Waals surface area contributed by atoms with Crippen molar-refractivity contribution in [2.45, 2.75) is 5.16 Å². The van der Waals surface area contributed by atoms with Crippen LogP contribution in [0.3, 0.4) is 0 Å². The van der Waals surface area contributed by atoms with Crippen molar-refractivity contribution >= 4 is 46.6 Å². The maximum Gasteiger partial charge on any atom is 0.187 e. The summed E-state index contributed by atoms with van der Waals surface area (Å²) in [7, 11) is 0. The van der Waals surface area contributed by atoms with Gasteiger partial charge in [0.2, 0.25) is 0 Å². The van der Waals surface area contributed by atoms with Gasteiger partial charge in [-0.2, -0.15) is 4.73 Å². The smallest absolute Gasteiger partial charge is 0.187 e. The Balaban J connectivity index is 2.02. The molecular formula is C20H13Cl3N4OS. The second-order valence-corrected chi connectivity index (χ2v) is 8.00. The van der Waals surface area contributed by atoms with Crippen molar-refractivity contribution < 1.29 is 5.21 Å². The summed E-state index contributed by atoms with van der Waals surface area (Å²) in [6.07, 6.45) is 3.54. The predicted molar refractivity (Wildman–Crippen MR) is 118 cm³/mol. The predicted octanol–water partition coefficient (Wildman–Crippen LogP) is 6.59. The Kier molecular flexibility index (Phi) is 5.69. The highest BCUT2D eigenvalue weighted by atomic mass is 35.5. The molecule has 2 aromatic carbocycles. The van der Waals surface area contributed by atoms with Crippen LogP contribution in [0.5, 0.6) is 0 Å². The average molecular weight is 464 g/mol. The standard InChI is InChI=1S/C20H13Cl3N4OS/c1-29-20-24-10-9-15(25-20)17-18(11-5-7-12(21)8-6-11)27(28)19(26-17)16-13(22)3-2-4-14(16)23/h2-10,28H,1H3. The van der Waals surface area contributed by atoms with Crippen LogP contribution in [0, 0.1) is 0 Å². The van der Waals surface area contributed by atoms with E-state index in [0.717, 1.165) is 4.73 Å². The Morgan fingerprint density at radius 3 is 2.28 bits per heavy atom. The molecular weight excluding hydrogens is 451 g/mol. The number of thioether (sulfide) groups is 1. The number of aromatic nitrogens is 4. The van der Waals surface area contributed by atoms with Crippen molar-refractivity contribution in [1.29, 1.82) is 0 Å². The summed E-state index contributed by atoms with van der Waals surface area (Å²) < 4.78 is 0.979. The number of imidazole rings is 1. The van der Waals surface area contributed by atoms with Gasteiger partial charge < -0.3 is 5.21 Å². The lowest BCUT2D eigenvalue weighted by atomic mass is 10.1. The summed E-state index contributed by atoms with van der Waals surface area (Å²) in [5.41, 5.74) is 2.61. The van der Waals surface area contributed by atoms with E-state index >= 15 is 0 Å². The van der Waals surface area contributed by atoms with Crippen molar-refractivity contribution in [3.8, 4) is 34.0 Å². The maximum atomic E-state index is 11.1. The summed E-state index contributed by atoms with van der Waals surface area (Å²) in [5.74, 6) is 0.213. The highest BCUT2D eigenvalue weighted by Gasteiger charge is 2.24. The van der Waals surface area contributed by atoms with Gasteiger partial charge in [0, 0.05) is 16.8 Å². The molecule has 0 spiro atoms. The molecule has 0 unspecified atom stereocenters. The van der Waals surface area contributed by atoms with E-state index in [1.807, 2.05) is 6.26 Å². The Hall–Kier alpha value is -2.25.